The normalized spacial score (nSPS) is 18.0. The second-order valence-corrected chi connectivity index (χ2v) is 7.67. The molecule has 2 fully saturated rings. The Kier molecular flexibility index (Phi) is 6.26. The Hall–Kier alpha value is -1.51. The summed E-state index contributed by atoms with van der Waals surface area (Å²) in [4.78, 5) is 14.1. The molecule has 144 valence electrons. The van der Waals surface area contributed by atoms with Gasteiger partial charge in [-0.3, -0.25) is 4.90 Å². The van der Waals surface area contributed by atoms with Gasteiger partial charge in [-0.05, 0) is 40.0 Å². The van der Waals surface area contributed by atoms with Crippen molar-refractivity contribution in [1.29, 1.82) is 0 Å². The highest BCUT2D eigenvalue weighted by atomic mass is 79.9. The maximum Gasteiger partial charge on any atom is 0.407 e. The van der Waals surface area contributed by atoms with Gasteiger partial charge in [0.15, 0.2) is 0 Å². The first-order valence-electron chi connectivity index (χ1n) is 8.66. The van der Waals surface area contributed by atoms with E-state index in [1.54, 1.807) is 14.2 Å². The van der Waals surface area contributed by atoms with Gasteiger partial charge in [0.05, 0.1) is 31.9 Å². The van der Waals surface area contributed by atoms with Crippen LogP contribution in [-0.4, -0.2) is 71.2 Å². The van der Waals surface area contributed by atoms with Crippen LogP contribution in [0, 0.1) is 5.41 Å². The standard InChI is InChI=1S/C18H25BrN2O5/c1-23-15-8-14(19)16(24-2)7-13(15)3-4-20-17(22)26-6-5-21-9-18(10-21)11-25-12-18/h7-8H,3-6,9-12H2,1-2H3,(H,20,22). The fourth-order valence-electron chi connectivity index (χ4n) is 3.37. The molecule has 2 heterocycles. The average Bonchev–Trinajstić information content (AvgIpc) is 2.56. The summed E-state index contributed by atoms with van der Waals surface area (Å²) < 4.78 is 22.0. The molecule has 1 aromatic rings. The molecule has 0 radical (unpaired) electrons. The van der Waals surface area contributed by atoms with Crippen molar-refractivity contribution >= 4 is 22.0 Å². The third-order valence-corrected chi connectivity index (χ3v) is 5.41. The smallest absolute Gasteiger partial charge is 0.407 e. The summed E-state index contributed by atoms with van der Waals surface area (Å²) in [5, 5.41) is 2.78. The summed E-state index contributed by atoms with van der Waals surface area (Å²) in [5.74, 6) is 1.48. The predicted octanol–water partition coefficient (Wildman–Crippen LogP) is 2.07. The number of nitrogens with one attached hydrogen (secondary N) is 1. The molecule has 26 heavy (non-hydrogen) atoms. The molecule has 1 amide bonds. The number of amides is 1. The van der Waals surface area contributed by atoms with E-state index in [-0.39, 0.29) is 0 Å². The molecule has 1 aromatic carbocycles. The molecule has 0 aliphatic carbocycles. The van der Waals surface area contributed by atoms with Crippen molar-refractivity contribution in [2.45, 2.75) is 6.42 Å². The molecular weight excluding hydrogens is 404 g/mol. The number of methoxy groups -OCH3 is 2. The zero-order valence-corrected chi connectivity index (χ0v) is 16.8. The molecule has 0 aromatic heterocycles. The predicted molar refractivity (Wildman–Crippen MR) is 100.0 cm³/mol. The van der Waals surface area contributed by atoms with Crippen LogP contribution >= 0.6 is 15.9 Å². The number of carbonyl (C=O) groups excluding carboxylic acids is 1. The molecule has 0 unspecified atom stereocenters. The first-order valence-corrected chi connectivity index (χ1v) is 9.46. The number of hydrogen-bond acceptors (Lipinski definition) is 6. The van der Waals surface area contributed by atoms with Gasteiger partial charge in [-0.15, -0.1) is 0 Å². The van der Waals surface area contributed by atoms with Crippen molar-refractivity contribution in [2.75, 3.05) is 60.2 Å². The fourth-order valence-corrected chi connectivity index (χ4v) is 3.85. The topological polar surface area (TPSA) is 69.3 Å². The molecule has 3 rings (SSSR count). The highest BCUT2D eigenvalue weighted by molar-refractivity contribution is 9.10. The van der Waals surface area contributed by atoms with E-state index in [0.29, 0.717) is 25.0 Å². The zero-order chi connectivity index (χ0) is 18.6. The Balaban J connectivity index is 1.34. The van der Waals surface area contributed by atoms with Gasteiger partial charge in [0.2, 0.25) is 0 Å². The molecule has 1 N–H and O–H groups in total. The maximum atomic E-state index is 11.8. The van der Waals surface area contributed by atoms with Crippen molar-refractivity contribution in [3.63, 3.8) is 0 Å². The summed E-state index contributed by atoms with van der Waals surface area (Å²) in [6, 6.07) is 3.76. The lowest BCUT2D eigenvalue weighted by Gasteiger charge is -2.55. The van der Waals surface area contributed by atoms with Crippen LogP contribution in [0.2, 0.25) is 0 Å². The minimum Gasteiger partial charge on any atom is -0.496 e. The van der Waals surface area contributed by atoms with Gasteiger partial charge in [-0.2, -0.15) is 0 Å². The summed E-state index contributed by atoms with van der Waals surface area (Å²) in [6.45, 7) is 5.46. The van der Waals surface area contributed by atoms with Crippen molar-refractivity contribution < 1.29 is 23.7 Å². The lowest BCUT2D eigenvalue weighted by molar-refractivity contribution is -0.190. The monoisotopic (exact) mass is 428 g/mol. The van der Waals surface area contributed by atoms with Crippen molar-refractivity contribution in [3.8, 4) is 11.5 Å². The fraction of sp³-hybridized carbons (Fsp3) is 0.611. The zero-order valence-electron chi connectivity index (χ0n) is 15.2. The Morgan fingerprint density at radius 1 is 1.27 bits per heavy atom. The van der Waals surface area contributed by atoms with Crippen LogP contribution in [0.1, 0.15) is 5.56 Å². The highest BCUT2D eigenvalue weighted by Gasteiger charge is 2.48. The van der Waals surface area contributed by atoms with Crippen molar-refractivity contribution in [2.24, 2.45) is 5.41 Å². The Labute approximate surface area is 162 Å². The quantitative estimate of drug-likeness (QED) is 0.683. The maximum absolute atomic E-state index is 11.8. The van der Waals surface area contributed by atoms with Crippen LogP contribution in [-0.2, 0) is 15.9 Å². The van der Waals surface area contributed by atoms with E-state index in [0.717, 1.165) is 54.4 Å². The number of likely N-dealkylation sites (tertiary alicyclic amines) is 1. The highest BCUT2D eigenvalue weighted by Crippen LogP contribution is 2.37. The van der Waals surface area contributed by atoms with Crippen molar-refractivity contribution in [3.05, 3.63) is 22.2 Å². The molecule has 0 atom stereocenters. The van der Waals surface area contributed by atoms with Crippen LogP contribution in [0.4, 0.5) is 4.79 Å². The average molecular weight is 429 g/mol. The molecular formula is C18H25BrN2O5. The second-order valence-electron chi connectivity index (χ2n) is 6.81. The number of halogens is 1. The van der Waals surface area contributed by atoms with Crippen LogP contribution in [0.3, 0.4) is 0 Å². The molecule has 2 aliphatic heterocycles. The summed E-state index contributed by atoms with van der Waals surface area (Å²) >= 11 is 3.43. The SMILES string of the molecule is COc1cc(CCNC(=O)OCCN2CC3(COC3)C2)c(OC)cc1Br. The summed E-state index contributed by atoms with van der Waals surface area (Å²) in [7, 11) is 3.24. The molecule has 0 saturated carbocycles. The number of ether oxygens (including phenoxy) is 4. The molecule has 0 bridgehead atoms. The van der Waals surface area contributed by atoms with Gasteiger partial charge in [0.25, 0.3) is 0 Å². The number of nitrogens with zero attached hydrogens (tertiary/aromatic N) is 1. The van der Waals surface area contributed by atoms with E-state index in [4.69, 9.17) is 18.9 Å². The van der Waals surface area contributed by atoms with Gasteiger partial charge in [-0.1, -0.05) is 0 Å². The summed E-state index contributed by atoms with van der Waals surface area (Å²) in [6.07, 6.45) is 0.228. The largest absolute Gasteiger partial charge is 0.496 e. The van der Waals surface area contributed by atoms with Crippen LogP contribution in [0.15, 0.2) is 16.6 Å². The second kappa shape index (κ2) is 8.45. The van der Waals surface area contributed by atoms with Gasteiger partial charge in [0, 0.05) is 31.6 Å². The first-order chi connectivity index (χ1) is 12.5. The molecule has 1 spiro atoms. The van der Waals surface area contributed by atoms with E-state index in [9.17, 15) is 4.79 Å². The molecule has 8 heteroatoms. The third-order valence-electron chi connectivity index (χ3n) is 4.79. The minimum absolute atomic E-state index is 0.393. The molecule has 2 aliphatic rings. The molecule has 2 saturated heterocycles. The Morgan fingerprint density at radius 3 is 2.62 bits per heavy atom. The van der Waals surface area contributed by atoms with E-state index in [1.165, 1.54) is 0 Å². The van der Waals surface area contributed by atoms with Crippen molar-refractivity contribution in [1.82, 2.24) is 10.2 Å². The number of rotatable bonds is 8. The van der Waals surface area contributed by atoms with E-state index in [1.807, 2.05) is 12.1 Å². The lowest BCUT2D eigenvalue weighted by Crippen LogP contribution is -2.66. The van der Waals surface area contributed by atoms with E-state index in [2.05, 4.69) is 26.1 Å². The number of hydrogen-bond donors (Lipinski definition) is 1. The van der Waals surface area contributed by atoms with Gasteiger partial charge in [0.1, 0.15) is 18.1 Å². The van der Waals surface area contributed by atoms with E-state index < -0.39 is 6.09 Å². The van der Waals surface area contributed by atoms with E-state index >= 15 is 0 Å². The van der Waals surface area contributed by atoms with Crippen LogP contribution in [0.5, 0.6) is 11.5 Å². The first kappa shape index (κ1) is 19.3. The van der Waals surface area contributed by atoms with Crippen LogP contribution < -0.4 is 14.8 Å². The minimum atomic E-state index is -0.393. The van der Waals surface area contributed by atoms with Gasteiger partial charge >= 0.3 is 6.09 Å². The Bertz CT molecular complexity index is 643. The van der Waals surface area contributed by atoms with Gasteiger partial charge < -0.3 is 24.3 Å². The van der Waals surface area contributed by atoms with Crippen LogP contribution in [0.25, 0.3) is 0 Å². The number of carbonyl (C=O) groups is 1. The summed E-state index contributed by atoms with van der Waals surface area (Å²) in [5.41, 5.74) is 1.36. The molecule has 7 nitrogen and oxygen atoms in total. The number of benzene rings is 1. The number of alkyl carbamates (subject to hydrolysis) is 1. The lowest BCUT2D eigenvalue weighted by atomic mass is 9.78. The third kappa shape index (κ3) is 4.42. The van der Waals surface area contributed by atoms with Gasteiger partial charge in [-0.25, -0.2) is 4.79 Å². The Morgan fingerprint density at radius 2 is 2.00 bits per heavy atom.